The van der Waals surface area contributed by atoms with Crippen LogP contribution in [-0.4, -0.2) is 51.6 Å². The molecule has 2 aliphatic rings. The van der Waals surface area contributed by atoms with Gasteiger partial charge in [-0.25, -0.2) is 0 Å². The number of aromatic amines is 1. The Labute approximate surface area is 142 Å². The smallest absolute Gasteiger partial charge is 0.0964 e. The molecule has 1 atom stereocenters. The number of H-pyrrole nitrogens is 1. The van der Waals surface area contributed by atoms with Crippen molar-refractivity contribution in [2.24, 2.45) is 0 Å². The number of ether oxygens (including phenoxy) is 1. The number of rotatable bonds is 3. The third-order valence-corrected chi connectivity index (χ3v) is 5.50. The first-order chi connectivity index (χ1) is 11.8. The zero-order valence-corrected chi connectivity index (χ0v) is 13.9. The van der Waals surface area contributed by atoms with Crippen molar-refractivity contribution in [3.8, 4) is 11.3 Å². The summed E-state index contributed by atoms with van der Waals surface area (Å²) in [6.07, 6.45) is 5.29. The second kappa shape index (κ2) is 6.67. The Morgan fingerprint density at radius 1 is 1.25 bits per heavy atom. The van der Waals surface area contributed by atoms with Gasteiger partial charge in [0.25, 0.3) is 0 Å². The van der Waals surface area contributed by atoms with Gasteiger partial charge in [-0.15, -0.1) is 0 Å². The topological polar surface area (TPSA) is 61.4 Å². The van der Waals surface area contributed by atoms with Crippen molar-refractivity contribution in [2.75, 3.05) is 19.7 Å². The highest BCUT2D eigenvalue weighted by atomic mass is 16.5. The molecule has 24 heavy (non-hydrogen) atoms. The molecule has 4 rings (SSSR count). The lowest BCUT2D eigenvalue weighted by molar-refractivity contribution is -0.177. The molecule has 128 valence electrons. The van der Waals surface area contributed by atoms with E-state index in [-0.39, 0.29) is 11.7 Å². The first kappa shape index (κ1) is 15.8. The summed E-state index contributed by atoms with van der Waals surface area (Å²) in [6, 6.07) is 10.3. The molecule has 0 saturated carbocycles. The van der Waals surface area contributed by atoms with E-state index in [2.05, 4.69) is 27.2 Å². The molecule has 2 aliphatic heterocycles. The molecule has 0 unspecified atom stereocenters. The number of aliphatic hydroxyl groups excluding tert-OH is 1. The van der Waals surface area contributed by atoms with E-state index in [1.165, 1.54) is 11.1 Å². The SMILES string of the molecule is O[C@H]1CCCOC12CCN(Cc1cn[nH]c1-c1ccccc1)CC2. The Morgan fingerprint density at radius 3 is 2.79 bits per heavy atom. The van der Waals surface area contributed by atoms with Crippen molar-refractivity contribution in [2.45, 2.75) is 43.9 Å². The van der Waals surface area contributed by atoms with Crippen molar-refractivity contribution >= 4 is 0 Å². The normalized spacial score (nSPS) is 24.3. The quantitative estimate of drug-likeness (QED) is 0.910. The summed E-state index contributed by atoms with van der Waals surface area (Å²) in [5.74, 6) is 0. The van der Waals surface area contributed by atoms with Gasteiger partial charge in [-0.1, -0.05) is 30.3 Å². The summed E-state index contributed by atoms with van der Waals surface area (Å²) >= 11 is 0. The van der Waals surface area contributed by atoms with Crippen LogP contribution in [-0.2, 0) is 11.3 Å². The lowest BCUT2D eigenvalue weighted by atomic mass is 9.82. The van der Waals surface area contributed by atoms with Crippen LogP contribution in [0.5, 0.6) is 0 Å². The average Bonchev–Trinajstić information content (AvgIpc) is 3.09. The fourth-order valence-electron chi connectivity index (χ4n) is 4.01. The maximum Gasteiger partial charge on any atom is 0.0964 e. The first-order valence-electron chi connectivity index (χ1n) is 8.89. The maximum absolute atomic E-state index is 10.4. The number of nitrogens with one attached hydrogen (secondary N) is 1. The third-order valence-electron chi connectivity index (χ3n) is 5.50. The molecule has 5 heteroatoms. The summed E-state index contributed by atoms with van der Waals surface area (Å²) in [7, 11) is 0. The molecule has 1 aromatic heterocycles. The molecule has 2 saturated heterocycles. The minimum atomic E-state index is -0.304. The molecule has 0 radical (unpaired) electrons. The number of aromatic nitrogens is 2. The monoisotopic (exact) mass is 327 g/mol. The summed E-state index contributed by atoms with van der Waals surface area (Å²) < 4.78 is 6.00. The first-order valence-corrected chi connectivity index (χ1v) is 8.89. The molecule has 5 nitrogen and oxygen atoms in total. The van der Waals surface area contributed by atoms with Gasteiger partial charge in [0.2, 0.25) is 0 Å². The Balaban J connectivity index is 1.42. The standard InChI is InChI=1S/C19H25N3O2/c23-17-7-4-12-24-19(17)8-10-22(11-9-19)14-16-13-20-21-18(16)15-5-2-1-3-6-15/h1-3,5-6,13,17,23H,4,7-12,14H2,(H,20,21)/t17-/m0/s1. The molecule has 2 N–H and O–H groups in total. The number of hydrogen-bond donors (Lipinski definition) is 2. The molecule has 0 aliphatic carbocycles. The fraction of sp³-hybridized carbons (Fsp3) is 0.526. The zero-order valence-electron chi connectivity index (χ0n) is 13.9. The Kier molecular flexibility index (Phi) is 4.39. The van der Waals surface area contributed by atoms with E-state index in [4.69, 9.17) is 4.74 Å². The predicted octanol–water partition coefficient (Wildman–Crippen LogP) is 2.58. The third kappa shape index (κ3) is 2.99. The lowest BCUT2D eigenvalue weighted by Crippen LogP contribution is -2.55. The minimum absolute atomic E-state index is 0.298. The molecule has 2 fully saturated rings. The van der Waals surface area contributed by atoms with Gasteiger partial charge < -0.3 is 9.84 Å². The number of hydrogen-bond acceptors (Lipinski definition) is 4. The molecule has 1 aromatic carbocycles. The summed E-state index contributed by atoms with van der Waals surface area (Å²) in [6.45, 7) is 3.58. The number of benzene rings is 1. The van der Waals surface area contributed by atoms with Crippen molar-refractivity contribution in [3.05, 3.63) is 42.1 Å². The molecule has 2 aromatic rings. The highest BCUT2D eigenvalue weighted by Crippen LogP contribution is 2.36. The van der Waals surface area contributed by atoms with E-state index in [1.54, 1.807) is 0 Å². The van der Waals surface area contributed by atoms with Crippen LogP contribution in [0.15, 0.2) is 36.5 Å². The molecular formula is C19H25N3O2. The average molecular weight is 327 g/mol. The Bertz CT molecular complexity index is 662. The Hall–Kier alpha value is -1.69. The summed E-state index contributed by atoms with van der Waals surface area (Å²) in [5, 5.41) is 17.7. The number of likely N-dealkylation sites (tertiary alicyclic amines) is 1. The van der Waals surface area contributed by atoms with E-state index in [0.29, 0.717) is 0 Å². The van der Waals surface area contributed by atoms with E-state index in [0.717, 1.165) is 57.6 Å². The van der Waals surface area contributed by atoms with Gasteiger partial charge in [0.1, 0.15) is 0 Å². The van der Waals surface area contributed by atoms with Gasteiger partial charge in [0, 0.05) is 31.8 Å². The molecule has 0 bridgehead atoms. The van der Waals surface area contributed by atoms with Crippen molar-refractivity contribution < 1.29 is 9.84 Å². The molecule has 0 amide bonds. The van der Waals surface area contributed by atoms with E-state index in [1.807, 2.05) is 24.4 Å². The van der Waals surface area contributed by atoms with Crippen molar-refractivity contribution in [3.63, 3.8) is 0 Å². The number of aliphatic hydroxyl groups is 1. The van der Waals surface area contributed by atoms with Crippen molar-refractivity contribution in [1.82, 2.24) is 15.1 Å². The van der Waals surface area contributed by atoms with Crippen LogP contribution in [0.4, 0.5) is 0 Å². The lowest BCUT2D eigenvalue weighted by Gasteiger charge is -2.46. The largest absolute Gasteiger partial charge is 0.390 e. The fourth-order valence-corrected chi connectivity index (χ4v) is 4.01. The van der Waals surface area contributed by atoms with Crippen LogP contribution in [0.1, 0.15) is 31.2 Å². The van der Waals surface area contributed by atoms with Crippen LogP contribution in [0.25, 0.3) is 11.3 Å². The van der Waals surface area contributed by atoms with E-state index >= 15 is 0 Å². The highest BCUT2D eigenvalue weighted by Gasteiger charge is 2.43. The second-order valence-corrected chi connectivity index (χ2v) is 6.98. The van der Waals surface area contributed by atoms with Gasteiger partial charge in [-0.3, -0.25) is 10.00 Å². The van der Waals surface area contributed by atoms with Gasteiger partial charge in [0.15, 0.2) is 0 Å². The van der Waals surface area contributed by atoms with Gasteiger partial charge >= 0.3 is 0 Å². The molecular weight excluding hydrogens is 302 g/mol. The number of piperidine rings is 1. The maximum atomic E-state index is 10.4. The minimum Gasteiger partial charge on any atom is -0.390 e. The van der Waals surface area contributed by atoms with E-state index < -0.39 is 0 Å². The zero-order chi connectivity index (χ0) is 16.4. The van der Waals surface area contributed by atoms with Crippen LogP contribution < -0.4 is 0 Å². The number of nitrogens with zero attached hydrogens (tertiary/aromatic N) is 2. The summed E-state index contributed by atoms with van der Waals surface area (Å²) in [4.78, 5) is 2.44. The van der Waals surface area contributed by atoms with E-state index in [9.17, 15) is 5.11 Å². The van der Waals surface area contributed by atoms with Crippen molar-refractivity contribution in [1.29, 1.82) is 0 Å². The summed E-state index contributed by atoms with van der Waals surface area (Å²) in [5.41, 5.74) is 3.20. The van der Waals surface area contributed by atoms with Crippen LogP contribution in [0, 0.1) is 0 Å². The second-order valence-electron chi connectivity index (χ2n) is 6.98. The predicted molar refractivity (Wildman–Crippen MR) is 92.5 cm³/mol. The van der Waals surface area contributed by atoms with Crippen LogP contribution in [0.3, 0.4) is 0 Å². The van der Waals surface area contributed by atoms with Crippen LogP contribution in [0.2, 0.25) is 0 Å². The Morgan fingerprint density at radius 2 is 2.04 bits per heavy atom. The molecule has 1 spiro atoms. The van der Waals surface area contributed by atoms with Crippen LogP contribution >= 0.6 is 0 Å². The highest BCUT2D eigenvalue weighted by molar-refractivity contribution is 5.62. The van der Waals surface area contributed by atoms with Gasteiger partial charge in [-0.2, -0.15) is 5.10 Å². The van der Waals surface area contributed by atoms with Gasteiger partial charge in [0.05, 0.1) is 23.6 Å². The molecule has 3 heterocycles. The van der Waals surface area contributed by atoms with Gasteiger partial charge in [-0.05, 0) is 31.2 Å².